The monoisotopic (exact) mass is 360 g/mol. The lowest BCUT2D eigenvalue weighted by molar-refractivity contribution is -0.384. The standard InChI is InChI=1S/C16H13BrN2O3/c1-2-8-22-16-7-6-12(9-15(16)17)11-18-13-4-3-5-14(10-13)19(20)21/h1,3-7,9-10,18H,8,11H2. The number of hydrogen-bond donors (Lipinski definition) is 1. The van der Waals surface area contributed by atoms with Gasteiger partial charge in [0.05, 0.1) is 9.40 Å². The van der Waals surface area contributed by atoms with E-state index in [2.05, 4.69) is 27.2 Å². The summed E-state index contributed by atoms with van der Waals surface area (Å²) in [6, 6.07) is 12.0. The van der Waals surface area contributed by atoms with Gasteiger partial charge in [-0.3, -0.25) is 10.1 Å². The number of rotatable bonds is 6. The zero-order valence-corrected chi connectivity index (χ0v) is 13.2. The Morgan fingerprint density at radius 2 is 2.14 bits per heavy atom. The Balaban J connectivity index is 2.03. The Morgan fingerprint density at radius 3 is 2.82 bits per heavy atom. The summed E-state index contributed by atoms with van der Waals surface area (Å²) >= 11 is 3.42. The van der Waals surface area contributed by atoms with E-state index in [-0.39, 0.29) is 12.3 Å². The van der Waals surface area contributed by atoms with Gasteiger partial charge in [0.25, 0.3) is 5.69 Å². The van der Waals surface area contributed by atoms with E-state index >= 15 is 0 Å². The van der Waals surface area contributed by atoms with Crippen LogP contribution in [0, 0.1) is 22.5 Å². The normalized spacial score (nSPS) is 9.82. The second-order valence-electron chi connectivity index (χ2n) is 4.42. The van der Waals surface area contributed by atoms with Crippen LogP contribution in [0.5, 0.6) is 5.75 Å². The summed E-state index contributed by atoms with van der Waals surface area (Å²) in [4.78, 5) is 10.3. The van der Waals surface area contributed by atoms with E-state index in [0.717, 1.165) is 10.0 Å². The maximum atomic E-state index is 10.7. The molecule has 2 aromatic carbocycles. The maximum absolute atomic E-state index is 10.7. The zero-order valence-electron chi connectivity index (χ0n) is 11.6. The van der Waals surface area contributed by atoms with Crippen LogP contribution in [0.4, 0.5) is 11.4 Å². The third-order valence-electron chi connectivity index (χ3n) is 2.86. The van der Waals surface area contributed by atoms with Gasteiger partial charge in [-0.05, 0) is 39.7 Å². The lowest BCUT2D eigenvalue weighted by Gasteiger charge is -2.09. The highest BCUT2D eigenvalue weighted by Crippen LogP contribution is 2.26. The number of hydrogen-bond acceptors (Lipinski definition) is 4. The summed E-state index contributed by atoms with van der Waals surface area (Å²) < 4.78 is 6.17. The molecular weight excluding hydrogens is 348 g/mol. The first-order chi connectivity index (χ1) is 10.6. The van der Waals surface area contributed by atoms with E-state index in [1.54, 1.807) is 12.1 Å². The molecule has 0 amide bonds. The van der Waals surface area contributed by atoms with Gasteiger partial charge in [0.1, 0.15) is 12.4 Å². The first-order valence-electron chi connectivity index (χ1n) is 6.43. The largest absolute Gasteiger partial charge is 0.480 e. The molecule has 0 radical (unpaired) electrons. The molecule has 0 spiro atoms. The van der Waals surface area contributed by atoms with E-state index in [4.69, 9.17) is 11.2 Å². The van der Waals surface area contributed by atoms with Gasteiger partial charge in [-0.25, -0.2) is 0 Å². The van der Waals surface area contributed by atoms with Crippen molar-refractivity contribution < 1.29 is 9.66 Å². The minimum atomic E-state index is -0.417. The Kier molecular flexibility index (Phi) is 5.39. The molecule has 22 heavy (non-hydrogen) atoms. The number of nitrogens with one attached hydrogen (secondary N) is 1. The molecule has 112 valence electrons. The predicted molar refractivity (Wildman–Crippen MR) is 88.9 cm³/mol. The summed E-state index contributed by atoms with van der Waals surface area (Å²) in [5.41, 5.74) is 1.76. The van der Waals surface area contributed by atoms with Gasteiger partial charge in [0, 0.05) is 24.4 Å². The summed E-state index contributed by atoms with van der Waals surface area (Å²) in [7, 11) is 0. The van der Waals surface area contributed by atoms with Gasteiger partial charge in [-0.15, -0.1) is 6.42 Å². The van der Waals surface area contributed by atoms with E-state index in [0.29, 0.717) is 18.0 Å². The average molecular weight is 361 g/mol. The number of terminal acetylenes is 1. The maximum Gasteiger partial charge on any atom is 0.271 e. The Labute approximate surface area is 136 Å². The predicted octanol–water partition coefficient (Wildman–Crippen LogP) is 3.98. The first-order valence-corrected chi connectivity index (χ1v) is 7.22. The number of nitro benzene ring substituents is 1. The molecule has 0 aliphatic rings. The molecule has 2 rings (SSSR count). The molecule has 0 unspecified atom stereocenters. The SMILES string of the molecule is C#CCOc1ccc(CNc2cccc([N+](=O)[O-])c2)cc1Br. The van der Waals surface area contributed by atoms with Crippen molar-refractivity contribution in [1.82, 2.24) is 0 Å². The highest BCUT2D eigenvalue weighted by molar-refractivity contribution is 9.10. The summed E-state index contributed by atoms with van der Waals surface area (Å²) in [6.45, 7) is 0.749. The fraction of sp³-hybridized carbons (Fsp3) is 0.125. The van der Waals surface area contributed by atoms with Crippen LogP contribution < -0.4 is 10.1 Å². The molecule has 2 aromatic rings. The van der Waals surface area contributed by atoms with Crippen molar-refractivity contribution in [2.24, 2.45) is 0 Å². The number of nitro groups is 1. The third-order valence-corrected chi connectivity index (χ3v) is 3.48. The summed E-state index contributed by atoms with van der Waals surface area (Å²) in [6.07, 6.45) is 5.15. The molecule has 0 heterocycles. The molecule has 1 N–H and O–H groups in total. The van der Waals surface area contributed by atoms with Crippen molar-refractivity contribution in [3.63, 3.8) is 0 Å². The Bertz CT molecular complexity index is 726. The Morgan fingerprint density at radius 1 is 1.32 bits per heavy atom. The molecular formula is C16H13BrN2O3. The lowest BCUT2D eigenvalue weighted by atomic mass is 10.2. The first kappa shape index (κ1) is 15.9. The number of ether oxygens (including phenoxy) is 1. The number of nitrogens with zero attached hydrogens (tertiary/aromatic N) is 1. The van der Waals surface area contributed by atoms with Crippen LogP contribution in [0.25, 0.3) is 0 Å². The van der Waals surface area contributed by atoms with Crippen LogP contribution in [0.15, 0.2) is 46.9 Å². The molecule has 0 fully saturated rings. The van der Waals surface area contributed by atoms with Crippen molar-refractivity contribution >= 4 is 27.3 Å². The summed E-state index contributed by atoms with van der Waals surface area (Å²) in [5.74, 6) is 3.09. The molecule has 0 aromatic heterocycles. The average Bonchev–Trinajstić information content (AvgIpc) is 2.52. The third kappa shape index (κ3) is 4.24. The topological polar surface area (TPSA) is 64.4 Å². The smallest absolute Gasteiger partial charge is 0.271 e. The van der Waals surface area contributed by atoms with Gasteiger partial charge in [-0.1, -0.05) is 18.1 Å². The fourth-order valence-electron chi connectivity index (χ4n) is 1.82. The molecule has 0 aliphatic heterocycles. The Hall–Kier alpha value is -2.52. The van der Waals surface area contributed by atoms with Gasteiger partial charge >= 0.3 is 0 Å². The lowest BCUT2D eigenvalue weighted by Crippen LogP contribution is -2.01. The van der Waals surface area contributed by atoms with Crippen molar-refractivity contribution in [3.8, 4) is 18.1 Å². The van der Waals surface area contributed by atoms with Crippen LogP contribution in [0.2, 0.25) is 0 Å². The van der Waals surface area contributed by atoms with Gasteiger partial charge in [-0.2, -0.15) is 0 Å². The van der Waals surface area contributed by atoms with Crippen LogP contribution in [0.1, 0.15) is 5.56 Å². The van der Waals surface area contributed by atoms with Crippen molar-refractivity contribution in [3.05, 3.63) is 62.6 Å². The van der Waals surface area contributed by atoms with Crippen LogP contribution in [-0.4, -0.2) is 11.5 Å². The molecule has 0 bridgehead atoms. The van der Waals surface area contributed by atoms with Crippen molar-refractivity contribution in [2.45, 2.75) is 6.54 Å². The molecule has 0 saturated carbocycles. The second kappa shape index (κ2) is 7.48. The molecule has 0 atom stereocenters. The van der Waals surface area contributed by atoms with E-state index in [1.807, 2.05) is 18.2 Å². The van der Waals surface area contributed by atoms with Crippen molar-refractivity contribution in [2.75, 3.05) is 11.9 Å². The van der Waals surface area contributed by atoms with E-state index in [1.165, 1.54) is 12.1 Å². The second-order valence-corrected chi connectivity index (χ2v) is 5.27. The summed E-state index contributed by atoms with van der Waals surface area (Å²) in [5, 5.41) is 13.9. The van der Waals surface area contributed by atoms with Crippen LogP contribution in [-0.2, 0) is 6.54 Å². The molecule has 5 nitrogen and oxygen atoms in total. The van der Waals surface area contributed by atoms with Crippen molar-refractivity contribution in [1.29, 1.82) is 0 Å². The molecule has 0 saturated heterocycles. The van der Waals surface area contributed by atoms with E-state index < -0.39 is 4.92 Å². The highest BCUT2D eigenvalue weighted by Gasteiger charge is 2.06. The minimum absolute atomic E-state index is 0.0595. The zero-order chi connectivity index (χ0) is 15.9. The molecule has 0 aliphatic carbocycles. The number of halogens is 1. The van der Waals surface area contributed by atoms with E-state index in [9.17, 15) is 10.1 Å². The molecule has 6 heteroatoms. The fourth-order valence-corrected chi connectivity index (χ4v) is 2.37. The highest BCUT2D eigenvalue weighted by atomic mass is 79.9. The number of non-ortho nitro benzene ring substituents is 1. The quantitative estimate of drug-likeness (QED) is 0.480. The van der Waals surface area contributed by atoms with Gasteiger partial charge in [0.15, 0.2) is 0 Å². The minimum Gasteiger partial charge on any atom is -0.480 e. The van der Waals surface area contributed by atoms with Crippen LogP contribution in [0.3, 0.4) is 0 Å². The van der Waals surface area contributed by atoms with Gasteiger partial charge in [0.2, 0.25) is 0 Å². The van der Waals surface area contributed by atoms with Gasteiger partial charge < -0.3 is 10.1 Å². The number of anilines is 1. The van der Waals surface area contributed by atoms with Crippen LogP contribution >= 0.6 is 15.9 Å². The number of benzene rings is 2.